The zero-order valence-corrected chi connectivity index (χ0v) is 10.1. The predicted molar refractivity (Wildman–Crippen MR) is 55.0 cm³/mol. The lowest BCUT2D eigenvalue weighted by atomic mass is 9.98. The highest BCUT2D eigenvalue weighted by Gasteiger charge is 2.29. The molecule has 2 N–H and O–H groups in total. The van der Waals surface area contributed by atoms with Gasteiger partial charge in [0, 0.05) is 0 Å². The molecule has 4 nitrogen and oxygen atoms in total. The Morgan fingerprint density at radius 1 is 0.929 bits per heavy atom. The fourth-order valence-electron chi connectivity index (χ4n) is 0. The average molecular weight is 266 g/mol. The Bertz CT molecular complexity index is 190. The topological polar surface area (TPSA) is 74.6 Å². The molecule has 0 aromatic heterocycles. The molecule has 0 aliphatic heterocycles. The van der Waals surface area contributed by atoms with Crippen molar-refractivity contribution >= 4 is 46.7 Å². The number of alkyl halides is 3. The van der Waals surface area contributed by atoms with Gasteiger partial charge in [0.05, 0.1) is 5.41 Å². The van der Waals surface area contributed by atoms with Gasteiger partial charge in [-0.05, 0) is 20.8 Å². The van der Waals surface area contributed by atoms with Crippen molar-refractivity contribution in [3.8, 4) is 0 Å². The van der Waals surface area contributed by atoms with Gasteiger partial charge in [0.15, 0.2) is 0 Å². The molecule has 0 saturated heterocycles. The molecule has 0 aromatic rings. The van der Waals surface area contributed by atoms with Crippen LogP contribution in [0, 0.1) is 5.41 Å². The highest BCUT2D eigenvalue weighted by molar-refractivity contribution is 6.75. The minimum atomic E-state index is -2.17. The Morgan fingerprint density at radius 3 is 1.07 bits per heavy atom. The van der Waals surface area contributed by atoms with E-state index in [0.29, 0.717) is 0 Å². The fourth-order valence-corrected chi connectivity index (χ4v) is 0. The summed E-state index contributed by atoms with van der Waals surface area (Å²) in [5.41, 5.74) is -0.583. The molecular formula is C7H11Cl3O4. The van der Waals surface area contributed by atoms with Gasteiger partial charge in [0.1, 0.15) is 0 Å². The molecule has 0 saturated carbocycles. The second kappa shape index (κ2) is 5.63. The maximum Gasteiger partial charge on any atom is 0.356 e. The van der Waals surface area contributed by atoms with E-state index < -0.39 is 21.1 Å². The summed E-state index contributed by atoms with van der Waals surface area (Å²) in [7, 11) is 0. The lowest BCUT2D eigenvalue weighted by molar-refractivity contribution is -0.145. The van der Waals surface area contributed by atoms with Gasteiger partial charge in [-0.25, -0.2) is 4.79 Å². The van der Waals surface area contributed by atoms with Crippen molar-refractivity contribution in [3.63, 3.8) is 0 Å². The first-order valence-electron chi connectivity index (χ1n) is 3.42. The fraction of sp³-hybridized carbons (Fsp3) is 0.714. The van der Waals surface area contributed by atoms with Crippen molar-refractivity contribution in [2.45, 2.75) is 24.6 Å². The van der Waals surface area contributed by atoms with Crippen LogP contribution in [0.25, 0.3) is 0 Å². The monoisotopic (exact) mass is 264 g/mol. The van der Waals surface area contributed by atoms with Crippen LogP contribution in [0.15, 0.2) is 0 Å². The Morgan fingerprint density at radius 2 is 1.07 bits per heavy atom. The second-order valence-electron chi connectivity index (χ2n) is 3.36. The van der Waals surface area contributed by atoms with E-state index in [1.807, 2.05) is 0 Å². The van der Waals surface area contributed by atoms with E-state index >= 15 is 0 Å². The van der Waals surface area contributed by atoms with Crippen molar-refractivity contribution in [1.29, 1.82) is 0 Å². The molecule has 7 heteroatoms. The van der Waals surface area contributed by atoms with Crippen LogP contribution in [0.2, 0.25) is 0 Å². The average Bonchev–Trinajstić information content (AvgIpc) is 1.83. The van der Waals surface area contributed by atoms with Crippen LogP contribution < -0.4 is 0 Å². The van der Waals surface area contributed by atoms with Crippen LogP contribution in [0.1, 0.15) is 20.8 Å². The third-order valence-corrected chi connectivity index (χ3v) is 1.37. The Hall–Kier alpha value is -0.190. The van der Waals surface area contributed by atoms with Crippen LogP contribution in [0.5, 0.6) is 0 Å². The Balaban J connectivity index is 0. The molecule has 0 radical (unpaired) electrons. The number of carboxylic acids is 2. The number of hydrogen-bond acceptors (Lipinski definition) is 2. The molecule has 0 amide bonds. The van der Waals surface area contributed by atoms with Crippen molar-refractivity contribution in [2.24, 2.45) is 5.41 Å². The summed E-state index contributed by atoms with van der Waals surface area (Å²) in [5, 5.41) is 16.1. The zero-order valence-electron chi connectivity index (χ0n) is 7.84. The lowest BCUT2D eigenvalue weighted by Gasteiger charge is -2.08. The predicted octanol–water partition coefficient (Wildman–Crippen LogP) is 2.56. The smallest absolute Gasteiger partial charge is 0.356 e. The molecule has 0 spiro atoms. The van der Waals surface area contributed by atoms with E-state index in [1.54, 1.807) is 20.8 Å². The van der Waals surface area contributed by atoms with Gasteiger partial charge in [-0.1, -0.05) is 34.8 Å². The largest absolute Gasteiger partial charge is 0.481 e. The highest BCUT2D eigenvalue weighted by Crippen LogP contribution is 2.25. The van der Waals surface area contributed by atoms with Crippen LogP contribution in [0.3, 0.4) is 0 Å². The van der Waals surface area contributed by atoms with Gasteiger partial charge in [-0.3, -0.25) is 4.79 Å². The third-order valence-electron chi connectivity index (χ3n) is 0.884. The molecular weight excluding hydrogens is 254 g/mol. The molecule has 0 fully saturated rings. The summed E-state index contributed by atoms with van der Waals surface area (Å²) in [6.45, 7) is 4.99. The highest BCUT2D eigenvalue weighted by atomic mass is 35.6. The lowest BCUT2D eigenvalue weighted by Crippen LogP contribution is -2.18. The second-order valence-corrected chi connectivity index (χ2v) is 5.64. The molecule has 0 heterocycles. The van der Waals surface area contributed by atoms with E-state index in [1.165, 1.54) is 0 Å². The number of carbonyl (C=O) groups is 2. The van der Waals surface area contributed by atoms with Gasteiger partial charge in [0.25, 0.3) is 3.79 Å². The molecule has 0 unspecified atom stereocenters. The van der Waals surface area contributed by atoms with Gasteiger partial charge in [-0.2, -0.15) is 0 Å². The minimum absolute atomic E-state index is 0.583. The van der Waals surface area contributed by atoms with Crippen LogP contribution >= 0.6 is 34.8 Å². The Kier molecular flexibility index (Phi) is 6.54. The number of aliphatic carboxylic acids is 2. The summed E-state index contributed by atoms with van der Waals surface area (Å²) < 4.78 is -2.17. The first-order chi connectivity index (χ1) is 5.89. The molecule has 0 aliphatic rings. The summed E-state index contributed by atoms with van der Waals surface area (Å²) in [6, 6.07) is 0. The standard InChI is InChI=1S/C5H10O2.C2HCl3O2/c1-5(2,3)4(6)7;3-2(4,5)1(6)7/h1-3H3,(H,6,7);(H,6,7). The normalized spacial score (nSPS) is 11.3. The molecule has 0 atom stereocenters. The Labute approximate surface area is 96.8 Å². The van der Waals surface area contributed by atoms with Crippen molar-refractivity contribution < 1.29 is 19.8 Å². The van der Waals surface area contributed by atoms with Crippen molar-refractivity contribution in [1.82, 2.24) is 0 Å². The third kappa shape index (κ3) is 9.89. The van der Waals surface area contributed by atoms with E-state index in [-0.39, 0.29) is 0 Å². The van der Waals surface area contributed by atoms with Crippen LogP contribution in [-0.4, -0.2) is 25.9 Å². The summed E-state index contributed by atoms with van der Waals surface area (Å²) in [5.74, 6) is -2.22. The molecule has 0 rings (SSSR count). The first-order valence-corrected chi connectivity index (χ1v) is 4.56. The van der Waals surface area contributed by atoms with Gasteiger partial charge < -0.3 is 10.2 Å². The molecule has 14 heavy (non-hydrogen) atoms. The van der Waals surface area contributed by atoms with Gasteiger partial charge >= 0.3 is 11.9 Å². The SMILES string of the molecule is CC(C)(C)C(=O)O.O=C(O)C(Cl)(Cl)Cl. The van der Waals surface area contributed by atoms with Crippen molar-refractivity contribution in [2.75, 3.05) is 0 Å². The maximum atomic E-state index is 10.0. The van der Waals surface area contributed by atoms with Crippen LogP contribution in [0.4, 0.5) is 0 Å². The minimum Gasteiger partial charge on any atom is -0.481 e. The molecule has 84 valence electrons. The van der Waals surface area contributed by atoms with Gasteiger partial charge in [-0.15, -0.1) is 0 Å². The van der Waals surface area contributed by atoms with E-state index in [4.69, 9.17) is 45.0 Å². The van der Waals surface area contributed by atoms with E-state index in [2.05, 4.69) is 0 Å². The molecule has 0 bridgehead atoms. The zero-order chi connectivity index (χ0) is 12.2. The first kappa shape index (κ1) is 16.2. The van der Waals surface area contributed by atoms with Gasteiger partial charge in [0.2, 0.25) is 0 Å². The van der Waals surface area contributed by atoms with E-state index in [9.17, 15) is 9.59 Å². The molecule has 0 aliphatic carbocycles. The van der Waals surface area contributed by atoms with E-state index in [0.717, 1.165) is 0 Å². The van der Waals surface area contributed by atoms with Crippen molar-refractivity contribution in [3.05, 3.63) is 0 Å². The summed E-state index contributed by atoms with van der Waals surface area (Å²) >= 11 is 14.4. The van der Waals surface area contributed by atoms with Crippen LogP contribution in [-0.2, 0) is 9.59 Å². The quantitative estimate of drug-likeness (QED) is 0.660. The molecule has 0 aromatic carbocycles. The maximum absolute atomic E-state index is 10.0. The summed E-state index contributed by atoms with van der Waals surface area (Å²) in [6.07, 6.45) is 0. The summed E-state index contributed by atoms with van der Waals surface area (Å²) in [4.78, 5) is 19.6. The number of hydrogen-bond donors (Lipinski definition) is 2. The number of halogens is 3. The number of rotatable bonds is 0. The number of carboxylic acid groups (broad SMARTS) is 2.